The van der Waals surface area contributed by atoms with E-state index >= 15 is 0 Å². The third-order valence-electron chi connectivity index (χ3n) is 4.03. The average molecular weight is 380 g/mol. The maximum atomic E-state index is 13.0. The Labute approximate surface area is 162 Å². The van der Waals surface area contributed by atoms with Crippen LogP contribution in [0.3, 0.4) is 0 Å². The topological polar surface area (TPSA) is 76.1 Å². The monoisotopic (exact) mass is 380 g/mol. The molecule has 0 aliphatic heterocycles. The van der Waals surface area contributed by atoms with Crippen LogP contribution in [-0.2, 0) is 6.42 Å². The second kappa shape index (κ2) is 8.94. The Bertz CT molecular complexity index is 961. The van der Waals surface area contributed by atoms with Gasteiger partial charge in [-0.15, -0.1) is 0 Å². The van der Waals surface area contributed by atoms with Crippen molar-refractivity contribution in [1.82, 2.24) is 9.97 Å². The minimum absolute atomic E-state index is 0.237. The maximum Gasteiger partial charge on any atom is 0.274 e. The lowest BCUT2D eigenvalue weighted by Gasteiger charge is -2.10. The van der Waals surface area contributed by atoms with Gasteiger partial charge in [-0.2, -0.15) is 0 Å². The molecule has 0 saturated heterocycles. The lowest BCUT2D eigenvalue weighted by Crippen LogP contribution is -2.16. The SMILES string of the molecule is COc1cccc(CCNc2cc(C(=O)Nc3ccc(F)cc3)nc(C)n2)c1. The van der Waals surface area contributed by atoms with Crippen molar-refractivity contribution in [2.45, 2.75) is 13.3 Å². The fraction of sp³-hybridized carbons (Fsp3) is 0.190. The molecule has 2 aromatic carbocycles. The summed E-state index contributed by atoms with van der Waals surface area (Å²) in [6.45, 7) is 2.37. The van der Waals surface area contributed by atoms with E-state index in [0.717, 1.165) is 17.7 Å². The zero-order chi connectivity index (χ0) is 19.9. The Balaban J connectivity index is 1.63. The summed E-state index contributed by atoms with van der Waals surface area (Å²) in [6, 6.07) is 15.0. The number of halogens is 1. The van der Waals surface area contributed by atoms with Crippen molar-refractivity contribution >= 4 is 17.4 Å². The molecular formula is C21H21FN4O2. The van der Waals surface area contributed by atoms with Gasteiger partial charge in [-0.05, 0) is 55.3 Å². The van der Waals surface area contributed by atoms with Crippen LogP contribution in [0.2, 0.25) is 0 Å². The molecule has 0 spiro atoms. The second-order valence-corrected chi connectivity index (χ2v) is 6.17. The van der Waals surface area contributed by atoms with Crippen LogP contribution in [0.25, 0.3) is 0 Å². The molecule has 28 heavy (non-hydrogen) atoms. The molecule has 0 atom stereocenters. The number of ether oxygens (including phenoxy) is 1. The summed E-state index contributed by atoms with van der Waals surface area (Å²) in [5, 5.41) is 5.91. The van der Waals surface area contributed by atoms with Crippen LogP contribution in [0.4, 0.5) is 15.9 Å². The van der Waals surface area contributed by atoms with E-state index in [4.69, 9.17) is 4.74 Å². The Kier molecular flexibility index (Phi) is 6.16. The van der Waals surface area contributed by atoms with Crippen LogP contribution in [0.5, 0.6) is 5.75 Å². The van der Waals surface area contributed by atoms with Crippen LogP contribution in [0.1, 0.15) is 21.9 Å². The van der Waals surface area contributed by atoms with Crippen molar-refractivity contribution in [1.29, 1.82) is 0 Å². The number of nitrogens with one attached hydrogen (secondary N) is 2. The van der Waals surface area contributed by atoms with Gasteiger partial charge in [0.2, 0.25) is 0 Å². The van der Waals surface area contributed by atoms with Gasteiger partial charge < -0.3 is 15.4 Å². The fourth-order valence-corrected chi connectivity index (χ4v) is 2.67. The Morgan fingerprint density at radius 3 is 2.64 bits per heavy atom. The Hall–Kier alpha value is -3.48. The van der Waals surface area contributed by atoms with Crippen molar-refractivity contribution in [2.24, 2.45) is 0 Å². The molecule has 1 amide bonds. The van der Waals surface area contributed by atoms with Gasteiger partial charge in [0.25, 0.3) is 5.91 Å². The summed E-state index contributed by atoms with van der Waals surface area (Å²) in [6.07, 6.45) is 0.775. The molecule has 6 nitrogen and oxygen atoms in total. The number of aryl methyl sites for hydroxylation is 1. The summed E-state index contributed by atoms with van der Waals surface area (Å²) < 4.78 is 18.2. The predicted molar refractivity (Wildman–Crippen MR) is 106 cm³/mol. The highest BCUT2D eigenvalue weighted by molar-refractivity contribution is 6.03. The summed E-state index contributed by atoms with van der Waals surface area (Å²) in [4.78, 5) is 20.9. The first-order chi connectivity index (χ1) is 13.5. The fourth-order valence-electron chi connectivity index (χ4n) is 2.67. The normalized spacial score (nSPS) is 10.4. The highest BCUT2D eigenvalue weighted by Crippen LogP contribution is 2.14. The number of amides is 1. The molecule has 0 fully saturated rings. The lowest BCUT2D eigenvalue weighted by atomic mass is 10.1. The third kappa shape index (κ3) is 5.26. The van der Waals surface area contributed by atoms with Crippen LogP contribution >= 0.6 is 0 Å². The van der Waals surface area contributed by atoms with Gasteiger partial charge in [-0.25, -0.2) is 14.4 Å². The molecule has 3 aromatic rings. The van der Waals surface area contributed by atoms with E-state index in [0.29, 0.717) is 23.9 Å². The summed E-state index contributed by atoms with van der Waals surface area (Å²) in [7, 11) is 1.64. The minimum atomic E-state index is -0.382. The van der Waals surface area contributed by atoms with Crippen LogP contribution in [-0.4, -0.2) is 29.5 Å². The molecule has 2 N–H and O–H groups in total. The molecule has 1 heterocycles. The molecule has 0 unspecified atom stereocenters. The van der Waals surface area contributed by atoms with E-state index in [1.165, 1.54) is 24.3 Å². The highest BCUT2D eigenvalue weighted by atomic mass is 19.1. The lowest BCUT2D eigenvalue weighted by molar-refractivity contribution is 0.102. The van der Waals surface area contributed by atoms with Gasteiger partial charge in [-0.3, -0.25) is 4.79 Å². The van der Waals surface area contributed by atoms with Gasteiger partial charge in [0.1, 0.15) is 28.9 Å². The van der Waals surface area contributed by atoms with Crippen molar-refractivity contribution < 1.29 is 13.9 Å². The standard InChI is InChI=1S/C21H21FN4O2/c1-14-24-19(21(27)26-17-8-6-16(22)7-9-17)13-20(25-14)23-11-10-15-4-3-5-18(12-15)28-2/h3-9,12-13H,10-11H2,1-2H3,(H,26,27)(H,23,24,25). The van der Waals surface area contributed by atoms with E-state index in [2.05, 4.69) is 20.6 Å². The molecule has 3 rings (SSSR count). The van der Waals surface area contributed by atoms with Crippen LogP contribution in [0, 0.1) is 12.7 Å². The number of carbonyl (C=O) groups excluding carboxylic acids is 1. The zero-order valence-corrected chi connectivity index (χ0v) is 15.7. The van der Waals surface area contributed by atoms with Gasteiger partial charge >= 0.3 is 0 Å². The van der Waals surface area contributed by atoms with E-state index in [-0.39, 0.29) is 17.4 Å². The molecule has 0 aliphatic rings. The highest BCUT2D eigenvalue weighted by Gasteiger charge is 2.11. The van der Waals surface area contributed by atoms with E-state index < -0.39 is 0 Å². The number of hydrogen-bond acceptors (Lipinski definition) is 5. The molecule has 0 saturated carbocycles. The van der Waals surface area contributed by atoms with E-state index in [9.17, 15) is 9.18 Å². The Morgan fingerprint density at radius 1 is 1.11 bits per heavy atom. The predicted octanol–water partition coefficient (Wildman–Crippen LogP) is 3.84. The maximum absolute atomic E-state index is 13.0. The molecule has 7 heteroatoms. The number of carbonyl (C=O) groups is 1. The molecule has 1 aromatic heterocycles. The minimum Gasteiger partial charge on any atom is -0.497 e. The number of methoxy groups -OCH3 is 1. The van der Waals surface area contributed by atoms with Crippen molar-refractivity contribution in [3.05, 3.63) is 77.5 Å². The third-order valence-corrected chi connectivity index (χ3v) is 4.03. The van der Waals surface area contributed by atoms with E-state index in [1.807, 2.05) is 24.3 Å². The molecule has 0 aliphatic carbocycles. The number of aromatic nitrogens is 2. The molecular weight excluding hydrogens is 359 g/mol. The van der Waals surface area contributed by atoms with Gasteiger partial charge in [0, 0.05) is 18.3 Å². The van der Waals surface area contributed by atoms with Gasteiger partial charge in [0.05, 0.1) is 7.11 Å². The summed E-state index contributed by atoms with van der Waals surface area (Å²) in [5.74, 6) is 1.12. The largest absolute Gasteiger partial charge is 0.497 e. The van der Waals surface area contributed by atoms with Crippen molar-refractivity contribution in [3.8, 4) is 5.75 Å². The number of nitrogens with zero attached hydrogens (tertiary/aromatic N) is 2. The summed E-state index contributed by atoms with van der Waals surface area (Å²) >= 11 is 0. The zero-order valence-electron chi connectivity index (χ0n) is 15.7. The first-order valence-electron chi connectivity index (χ1n) is 8.83. The van der Waals surface area contributed by atoms with Crippen molar-refractivity contribution in [3.63, 3.8) is 0 Å². The van der Waals surface area contributed by atoms with E-state index in [1.54, 1.807) is 20.1 Å². The second-order valence-electron chi connectivity index (χ2n) is 6.17. The van der Waals surface area contributed by atoms with Crippen LogP contribution < -0.4 is 15.4 Å². The summed E-state index contributed by atoms with van der Waals surface area (Å²) in [5.41, 5.74) is 1.86. The van der Waals surface area contributed by atoms with Crippen molar-refractivity contribution in [2.75, 3.05) is 24.3 Å². The average Bonchev–Trinajstić information content (AvgIpc) is 2.69. The van der Waals surface area contributed by atoms with Gasteiger partial charge in [-0.1, -0.05) is 12.1 Å². The smallest absolute Gasteiger partial charge is 0.274 e. The molecule has 0 radical (unpaired) electrons. The first kappa shape index (κ1) is 19.3. The molecule has 144 valence electrons. The molecule has 0 bridgehead atoms. The number of benzene rings is 2. The number of hydrogen-bond donors (Lipinski definition) is 2. The van der Waals surface area contributed by atoms with Gasteiger partial charge in [0.15, 0.2) is 0 Å². The van der Waals surface area contributed by atoms with Crippen LogP contribution in [0.15, 0.2) is 54.6 Å². The number of rotatable bonds is 7. The first-order valence-corrected chi connectivity index (χ1v) is 8.83. The number of anilines is 2. The quantitative estimate of drug-likeness (QED) is 0.651. The Morgan fingerprint density at radius 2 is 1.89 bits per heavy atom.